The zero-order valence-corrected chi connectivity index (χ0v) is 16.4. The molecule has 1 atom stereocenters. The van der Waals surface area contributed by atoms with Crippen molar-refractivity contribution in [1.82, 2.24) is 19.8 Å². The smallest absolute Gasteiger partial charge is 0.329 e. The maximum atomic E-state index is 12.9. The maximum absolute atomic E-state index is 12.9. The molecule has 0 saturated carbocycles. The molecule has 3 heterocycles. The quantitative estimate of drug-likeness (QED) is 0.761. The van der Waals surface area contributed by atoms with Crippen molar-refractivity contribution in [1.29, 1.82) is 0 Å². The van der Waals surface area contributed by atoms with Gasteiger partial charge in [-0.05, 0) is 69.8 Å². The Morgan fingerprint density at radius 2 is 2.00 bits per heavy atom. The van der Waals surface area contributed by atoms with E-state index in [0.717, 1.165) is 82.3 Å². The van der Waals surface area contributed by atoms with Gasteiger partial charge in [0.15, 0.2) is 0 Å². The predicted octanol–water partition coefficient (Wildman–Crippen LogP) is 1.97. The Balaban J connectivity index is 1.49. The minimum Gasteiger partial charge on any atom is -0.378 e. The summed E-state index contributed by atoms with van der Waals surface area (Å²) >= 11 is 0. The molecule has 2 aliphatic heterocycles. The predicted molar refractivity (Wildman–Crippen MR) is 108 cm³/mol. The van der Waals surface area contributed by atoms with Crippen molar-refractivity contribution in [3.8, 4) is 0 Å². The number of para-hydroxylation sites is 1. The monoisotopic (exact) mass is 372 g/mol. The highest BCUT2D eigenvalue weighted by Crippen LogP contribution is 2.24. The van der Waals surface area contributed by atoms with Gasteiger partial charge in [-0.3, -0.25) is 9.13 Å². The molecular weight excluding hydrogens is 340 g/mol. The van der Waals surface area contributed by atoms with E-state index < -0.39 is 0 Å². The van der Waals surface area contributed by atoms with Crippen molar-refractivity contribution in [2.24, 2.45) is 7.05 Å². The summed E-state index contributed by atoms with van der Waals surface area (Å²) in [5.41, 5.74) is 3.53. The highest BCUT2D eigenvalue weighted by molar-refractivity contribution is 5.80. The summed E-state index contributed by atoms with van der Waals surface area (Å²) < 4.78 is 9.90. The largest absolute Gasteiger partial charge is 0.378 e. The molecule has 0 amide bonds. The third-order valence-corrected chi connectivity index (χ3v) is 6.05. The second-order valence-corrected chi connectivity index (χ2v) is 7.92. The zero-order chi connectivity index (χ0) is 18.6. The van der Waals surface area contributed by atoms with Crippen LogP contribution in [0.3, 0.4) is 0 Å². The number of hydrogen-bond donors (Lipinski definition) is 2. The summed E-state index contributed by atoms with van der Waals surface area (Å²) in [6, 6.07) is 6.61. The van der Waals surface area contributed by atoms with E-state index in [1.54, 1.807) is 0 Å². The molecule has 148 valence electrons. The molecule has 2 N–H and O–H groups in total. The van der Waals surface area contributed by atoms with Gasteiger partial charge in [0.05, 0.1) is 23.2 Å². The fourth-order valence-electron chi connectivity index (χ4n) is 4.60. The van der Waals surface area contributed by atoms with E-state index in [-0.39, 0.29) is 11.7 Å². The van der Waals surface area contributed by atoms with Crippen molar-refractivity contribution in [2.75, 3.05) is 32.8 Å². The van der Waals surface area contributed by atoms with Crippen LogP contribution in [0, 0.1) is 0 Å². The van der Waals surface area contributed by atoms with Crippen LogP contribution in [0.1, 0.15) is 43.7 Å². The van der Waals surface area contributed by atoms with Crippen molar-refractivity contribution in [3.63, 3.8) is 0 Å². The summed E-state index contributed by atoms with van der Waals surface area (Å²) in [6.07, 6.45) is 6.77. The van der Waals surface area contributed by atoms with Crippen molar-refractivity contribution in [2.45, 2.75) is 50.7 Å². The number of ether oxygens (including phenoxy) is 1. The summed E-state index contributed by atoms with van der Waals surface area (Å²) in [4.78, 5) is 12.9. The fourth-order valence-corrected chi connectivity index (χ4v) is 4.60. The number of benzene rings is 1. The van der Waals surface area contributed by atoms with E-state index in [4.69, 9.17) is 4.74 Å². The molecule has 2 saturated heterocycles. The zero-order valence-electron chi connectivity index (χ0n) is 16.4. The Morgan fingerprint density at radius 1 is 1.15 bits per heavy atom. The Morgan fingerprint density at radius 3 is 2.78 bits per heavy atom. The Bertz CT molecular complexity index is 813. The molecule has 0 spiro atoms. The maximum Gasteiger partial charge on any atom is 0.329 e. The summed E-state index contributed by atoms with van der Waals surface area (Å²) in [5.74, 6) is 0. The van der Waals surface area contributed by atoms with Crippen LogP contribution < -0.4 is 16.3 Å². The average Bonchev–Trinajstić information content (AvgIpc) is 2.98. The minimum atomic E-state index is 0.108. The van der Waals surface area contributed by atoms with Crippen LogP contribution in [0.5, 0.6) is 0 Å². The lowest BCUT2D eigenvalue weighted by molar-refractivity contribution is 0.0318. The number of fused-ring (bicyclic) bond motifs is 1. The number of aryl methyl sites for hydroxylation is 2. The van der Waals surface area contributed by atoms with Gasteiger partial charge in [0.25, 0.3) is 0 Å². The molecule has 0 bridgehead atoms. The second kappa shape index (κ2) is 8.59. The van der Waals surface area contributed by atoms with Gasteiger partial charge in [-0.25, -0.2) is 4.79 Å². The summed E-state index contributed by atoms with van der Waals surface area (Å²) in [6.45, 7) is 4.86. The number of nitrogens with zero attached hydrogens (tertiary/aromatic N) is 2. The van der Waals surface area contributed by atoms with Crippen molar-refractivity contribution >= 4 is 11.0 Å². The van der Waals surface area contributed by atoms with Gasteiger partial charge < -0.3 is 15.4 Å². The molecule has 1 aromatic carbocycles. The highest BCUT2D eigenvalue weighted by atomic mass is 16.5. The van der Waals surface area contributed by atoms with E-state index in [1.165, 1.54) is 5.56 Å². The Kier molecular flexibility index (Phi) is 5.95. The van der Waals surface area contributed by atoms with Gasteiger partial charge in [0.2, 0.25) is 0 Å². The molecule has 1 aromatic heterocycles. The fraction of sp³-hybridized carbons (Fsp3) is 0.667. The summed E-state index contributed by atoms with van der Waals surface area (Å²) in [7, 11) is 1.91. The van der Waals surface area contributed by atoms with Crippen LogP contribution in [-0.2, 0) is 18.2 Å². The van der Waals surface area contributed by atoms with Crippen LogP contribution in [-0.4, -0.2) is 48.0 Å². The van der Waals surface area contributed by atoms with Crippen LogP contribution in [0.4, 0.5) is 0 Å². The van der Waals surface area contributed by atoms with Crippen molar-refractivity contribution < 1.29 is 4.74 Å². The molecule has 4 rings (SSSR count). The Hall–Kier alpha value is -1.63. The minimum absolute atomic E-state index is 0.108. The number of nitrogens with one attached hydrogen (secondary N) is 2. The van der Waals surface area contributed by atoms with Crippen molar-refractivity contribution in [3.05, 3.63) is 34.2 Å². The molecule has 0 radical (unpaired) electrons. The number of rotatable bonds is 6. The first-order chi connectivity index (χ1) is 13.3. The van der Waals surface area contributed by atoms with E-state index in [2.05, 4.69) is 28.8 Å². The molecule has 1 unspecified atom stereocenters. The molecule has 2 aliphatic rings. The van der Waals surface area contributed by atoms with Gasteiger partial charge in [-0.15, -0.1) is 0 Å². The molecular formula is C21H32N4O2. The average molecular weight is 373 g/mol. The van der Waals surface area contributed by atoms with Crippen LogP contribution in [0.15, 0.2) is 23.0 Å². The van der Waals surface area contributed by atoms with E-state index in [0.29, 0.717) is 6.10 Å². The van der Waals surface area contributed by atoms with E-state index in [1.807, 2.05) is 16.2 Å². The van der Waals surface area contributed by atoms with Gasteiger partial charge in [-0.1, -0.05) is 12.1 Å². The molecule has 2 fully saturated rings. The van der Waals surface area contributed by atoms with E-state index in [9.17, 15) is 4.79 Å². The number of aromatic nitrogens is 2. The SMILES string of the molecule is Cn1c(=O)n(C2CCCNC2)c2cccc(CCCOC3CCNCC3)c21. The third-order valence-electron chi connectivity index (χ3n) is 6.05. The van der Waals surface area contributed by atoms with E-state index >= 15 is 0 Å². The van der Waals surface area contributed by atoms with Gasteiger partial charge in [-0.2, -0.15) is 0 Å². The first-order valence-electron chi connectivity index (χ1n) is 10.5. The summed E-state index contributed by atoms with van der Waals surface area (Å²) in [5, 5.41) is 6.80. The molecule has 6 heteroatoms. The molecule has 6 nitrogen and oxygen atoms in total. The van der Waals surface area contributed by atoms with Crippen LogP contribution in [0.25, 0.3) is 11.0 Å². The van der Waals surface area contributed by atoms with Gasteiger partial charge in [0.1, 0.15) is 0 Å². The van der Waals surface area contributed by atoms with Gasteiger partial charge >= 0.3 is 5.69 Å². The normalized spacial score (nSPS) is 21.7. The lowest BCUT2D eigenvalue weighted by atomic mass is 10.1. The molecule has 2 aromatic rings. The van der Waals surface area contributed by atoms with Crippen LogP contribution in [0.2, 0.25) is 0 Å². The highest BCUT2D eigenvalue weighted by Gasteiger charge is 2.22. The lowest BCUT2D eigenvalue weighted by Crippen LogP contribution is -2.36. The third kappa shape index (κ3) is 3.98. The second-order valence-electron chi connectivity index (χ2n) is 7.92. The molecule has 0 aliphatic carbocycles. The topological polar surface area (TPSA) is 60.2 Å². The number of piperidine rings is 2. The first kappa shape index (κ1) is 18.7. The number of hydrogen-bond acceptors (Lipinski definition) is 4. The standard InChI is InChI=1S/C21H32N4O2/c1-24-20-16(6-4-14-27-18-9-12-22-13-10-18)5-2-8-19(20)25(21(24)26)17-7-3-11-23-15-17/h2,5,8,17-18,22-23H,3-4,6-7,9-15H2,1H3. The van der Waals surface area contributed by atoms with Crippen LogP contribution >= 0.6 is 0 Å². The van der Waals surface area contributed by atoms with Gasteiger partial charge in [0, 0.05) is 20.2 Å². The Labute approximate surface area is 160 Å². The first-order valence-corrected chi connectivity index (χ1v) is 10.5. The number of imidazole rings is 1. The molecule has 27 heavy (non-hydrogen) atoms. The lowest BCUT2D eigenvalue weighted by Gasteiger charge is -2.24.